The van der Waals surface area contributed by atoms with Crippen LogP contribution < -0.4 is 27.4 Å². The van der Waals surface area contributed by atoms with Gasteiger partial charge in [0.05, 0.1) is 29.7 Å². The van der Waals surface area contributed by atoms with Crippen molar-refractivity contribution in [1.29, 1.82) is 0 Å². The highest BCUT2D eigenvalue weighted by Crippen LogP contribution is 2.65. The minimum Gasteiger partial charge on any atom is -0.743 e. The topological polar surface area (TPSA) is 315 Å². The van der Waals surface area contributed by atoms with Crippen molar-refractivity contribution in [1.82, 2.24) is 6.15 Å². The first-order chi connectivity index (χ1) is 51.6. The monoisotopic (exact) mass is 1820 g/mol. The molecule has 114 heavy (non-hydrogen) atoms. The first kappa shape index (κ1) is 102. The van der Waals surface area contributed by atoms with Crippen LogP contribution >= 0.6 is 0 Å². The molecule has 9 rings (SSSR count). The Morgan fingerprint density at radius 2 is 0.746 bits per heavy atom. The van der Waals surface area contributed by atoms with Gasteiger partial charge < -0.3 is 48.2 Å². The summed E-state index contributed by atoms with van der Waals surface area (Å²) in [5.41, 5.74) is 2.08. The van der Waals surface area contributed by atoms with Gasteiger partial charge in [-0.3, -0.25) is 0 Å². The zero-order valence-corrected chi connectivity index (χ0v) is 70.6. The summed E-state index contributed by atoms with van der Waals surface area (Å²) in [6.07, 6.45) is -5.21. The van der Waals surface area contributed by atoms with Gasteiger partial charge in [-0.05, 0) is 186 Å². The molecule has 4 N–H and O–H groups in total. The molecule has 0 aliphatic heterocycles. The Morgan fingerprint density at radius 1 is 0.465 bits per heavy atom. The summed E-state index contributed by atoms with van der Waals surface area (Å²) in [6.45, 7) is 29.4. The summed E-state index contributed by atoms with van der Waals surface area (Å²) < 4.78 is 283. The van der Waals surface area contributed by atoms with Crippen molar-refractivity contribution >= 4 is 59.2 Å². The third-order valence-electron chi connectivity index (χ3n) is 17.7. The summed E-state index contributed by atoms with van der Waals surface area (Å²) in [6, 6.07) is 50.6. The normalized spacial score (nSPS) is 18.7. The zero-order chi connectivity index (χ0) is 86.2. The van der Waals surface area contributed by atoms with E-state index in [0.717, 1.165) is 20.3 Å². The maximum atomic E-state index is 14.1. The lowest BCUT2D eigenvalue weighted by molar-refractivity contribution is -0.597. The van der Waals surface area contributed by atoms with Crippen molar-refractivity contribution < 1.29 is 156 Å². The summed E-state index contributed by atoms with van der Waals surface area (Å²) in [5.74, 6) is -17.3. The largest absolute Gasteiger partial charge is 0.743 e. The van der Waals surface area contributed by atoms with Gasteiger partial charge in [0.15, 0.2) is 64.8 Å². The fourth-order valence-corrected chi connectivity index (χ4v) is 18.0. The maximum Gasteiger partial charge on any atom is 0.396 e. The fourth-order valence-electron chi connectivity index (χ4n) is 12.3. The quantitative estimate of drug-likeness (QED) is 0.00652. The Hall–Kier alpha value is -6.46. The van der Waals surface area contributed by atoms with Crippen LogP contribution in [0.1, 0.15) is 158 Å². The average Bonchev–Trinajstić information content (AvgIpc) is 0.718. The van der Waals surface area contributed by atoms with Crippen molar-refractivity contribution in [3.8, 4) is 0 Å². The number of quaternary nitrogens is 1. The SMILES string of the molecule is C=C(C)C(=O)OC(C)OC12CC3CC(CC(CCC(F)(F)C(F)(F)S(=O)(=O)[O-])(C3)C1)C2.C=C(C)C(=O)OC(C)OCCC(F)(F)C(F)(F)S(=O)(=O)[O-].C=C(C)C(=O)OC(C)OCCC(F)(F)C(F)(F)S(=O)(=O)[O-].CC(C)(C)c1ccc([I+]c2ccc(C(C)(C)C)cc2)cc1.[NH4+].c1ccc([S+](c2ccccc2)c2ccccc2)cc1. The molecule has 0 amide bonds. The molecule has 0 spiro atoms. The number of alkyl halides is 12. The van der Waals surface area contributed by atoms with Crippen molar-refractivity contribution in [2.45, 2.75) is 231 Å². The molecule has 5 unspecified atom stereocenters. The Kier molecular flexibility index (Phi) is 36.4. The van der Waals surface area contributed by atoms with E-state index in [1.165, 1.54) is 53.7 Å². The zero-order valence-electron chi connectivity index (χ0n) is 65.2. The lowest BCUT2D eigenvalue weighted by Crippen LogP contribution is -3.61. The highest BCUT2D eigenvalue weighted by molar-refractivity contribution is 7.97. The first-order valence-electron chi connectivity index (χ1n) is 34.9. The molecule has 0 saturated heterocycles. The lowest BCUT2D eigenvalue weighted by atomic mass is 9.47. The third kappa shape index (κ3) is 29.0. The molecule has 5 aromatic carbocycles. The molecule has 4 bridgehead atoms. The van der Waals surface area contributed by atoms with Crippen LogP contribution in [0, 0.1) is 24.4 Å². The summed E-state index contributed by atoms with van der Waals surface area (Å²) in [4.78, 5) is 37.9. The number of benzene rings is 5. The van der Waals surface area contributed by atoms with Crippen LogP contribution in [0.5, 0.6) is 0 Å². The smallest absolute Gasteiger partial charge is 0.396 e. The minimum absolute atomic E-state index is 0. The van der Waals surface area contributed by atoms with Gasteiger partial charge in [0.25, 0.3) is 0 Å². The van der Waals surface area contributed by atoms with Gasteiger partial charge in [-0.2, -0.15) is 52.7 Å². The molecular formula is C78H98F12INO18S4. The second-order valence-corrected chi connectivity index (χ2v) is 39.0. The molecule has 5 atom stereocenters. The number of ether oxygens (including phenoxy) is 6. The number of carbonyl (C=O) groups is 3. The van der Waals surface area contributed by atoms with Crippen LogP contribution in [-0.4, -0.2) is 128 Å². The number of rotatable bonds is 30. The van der Waals surface area contributed by atoms with Gasteiger partial charge in [-0.15, -0.1) is 0 Å². The van der Waals surface area contributed by atoms with Crippen LogP contribution in [0.25, 0.3) is 0 Å². The van der Waals surface area contributed by atoms with Crippen LogP contribution in [0.15, 0.2) is 191 Å². The summed E-state index contributed by atoms with van der Waals surface area (Å²) >= 11 is -0.0703. The van der Waals surface area contributed by atoms with Crippen molar-refractivity contribution in [3.63, 3.8) is 0 Å². The molecule has 36 heteroatoms. The van der Waals surface area contributed by atoms with Crippen LogP contribution in [0.3, 0.4) is 0 Å². The molecule has 0 radical (unpaired) electrons. The van der Waals surface area contributed by atoms with Gasteiger partial charge in [0.1, 0.15) is 0 Å². The van der Waals surface area contributed by atoms with E-state index in [2.05, 4.69) is 220 Å². The van der Waals surface area contributed by atoms with Crippen LogP contribution in [0.2, 0.25) is 0 Å². The van der Waals surface area contributed by atoms with E-state index in [4.69, 9.17) is 9.47 Å². The van der Waals surface area contributed by atoms with Crippen molar-refractivity contribution in [2.75, 3.05) is 13.2 Å². The highest BCUT2D eigenvalue weighted by atomic mass is 127. The number of hydrogen-bond acceptors (Lipinski definition) is 18. The first-order valence-corrected chi connectivity index (χ1v) is 42.6. The predicted octanol–water partition coefficient (Wildman–Crippen LogP) is 15.2. The molecule has 4 aliphatic carbocycles. The molecule has 19 nitrogen and oxygen atoms in total. The number of hydrogen-bond donors (Lipinski definition) is 1. The predicted molar refractivity (Wildman–Crippen MR) is 396 cm³/mol. The molecule has 4 fully saturated rings. The second kappa shape index (κ2) is 40.8. The average molecular weight is 1820 g/mol. The summed E-state index contributed by atoms with van der Waals surface area (Å²) in [5, 5.41) is -17.2. The van der Waals surface area contributed by atoms with Crippen LogP contribution in [0.4, 0.5) is 52.7 Å². The third-order valence-corrected chi connectivity index (χ3v) is 25.4. The summed E-state index contributed by atoms with van der Waals surface area (Å²) in [7, 11) is -19.6. The van der Waals surface area contributed by atoms with Crippen LogP contribution in [-0.2, 0) is 94.9 Å². The van der Waals surface area contributed by atoms with Gasteiger partial charge in [-0.1, -0.05) is 140 Å². The molecule has 4 aliphatic rings. The number of carbonyl (C=O) groups excluding carboxylic acids is 3. The minimum atomic E-state index is -6.53. The number of esters is 3. The van der Waals surface area contributed by atoms with Gasteiger partial charge in [0, 0.05) is 36.0 Å². The lowest BCUT2D eigenvalue weighted by Gasteiger charge is -2.62. The standard InChI is InChI=1S/C20H28F4O6S.C20H26I.C18H15S.2C10H14F4O6S.H3N/c1-12(2)16(25)29-13(3)30-18-9-14-6-15(10-18)8-17(7-14,11-18)4-5-19(21,22)20(23,24)31(26,27)28;1-19(2,3)15-7-11-17(12-8-15)21-18-13-9-16(10-14-18)20(4,5)6;1-4-10-16(11-5-1)19(17-12-6-2-7-13-17)18-14-8-3-9-15-18;2*1-6(2)8(15)20-7(3)19-5-4-9(11,12)10(13,14)21(16,17)18;/h13-15H,1,4-11H2,2-3H3,(H,26,27,28);7-14H,1-6H3;1-15H;2*7H,1,4-5H2,2-3H3,(H,16,17,18);1H3/q;2*+1;;;/p-2. The Balaban J connectivity index is 0.000000373. The molecule has 5 aromatic rings. The van der Waals surface area contributed by atoms with E-state index in [9.17, 15) is 106 Å². The Morgan fingerprint density at radius 3 is 1.02 bits per heavy atom. The van der Waals surface area contributed by atoms with Gasteiger partial charge in [-0.25, -0.2) is 39.6 Å². The second-order valence-electron chi connectivity index (χ2n) is 29.6. The Labute approximate surface area is 672 Å². The van der Waals surface area contributed by atoms with Crippen molar-refractivity contribution in [2.24, 2.45) is 17.3 Å². The fraction of sp³-hybridized carbons (Fsp3) is 0.500. The van der Waals surface area contributed by atoms with E-state index in [1.807, 2.05) is 0 Å². The van der Waals surface area contributed by atoms with E-state index in [0.29, 0.717) is 32.1 Å². The molecule has 4 saturated carbocycles. The maximum absolute atomic E-state index is 14.1. The highest BCUT2D eigenvalue weighted by Gasteiger charge is 2.65. The molecular weight excluding hydrogens is 1720 g/mol. The van der Waals surface area contributed by atoms with Gasteiger partial charge in [0.2, 0.25) is 6.29 Å². The van der Waals surface area contributed by atoms with E-state index in [-0.39, 0.29) is 84.1 Å². The van der Waals surface area contributed by atoms with E-state index < -0.39 is 144 Å². The van der Waals surface area contributed by atoms with Gasteiger partial charge >= 0.3 is 72.6 Å². The van der Waals surface area contributed by atoms with E-state index in [1.54, 1.807) is 6.92 Å². The number of halogens is 13. The van der Waals surface area contributed by atoms with E-state index >= 15 is 0 Å². The molecule has 0 aromatic heterocycles. The molecule has 638 valence electrons. The molecule has 0 heterocycles. The Bertz CT molecular complexity index is 4110. The van der Waals surface area contributed by atoms with Crippen molar-refractivity contribution in [3.05, 3.63) is 194 Å².